The van der Waals surface area contributed by atoms with Crippen LogP contribution in [0.5, 0.6) is 0 Å². The van der Waals surface area contributed by atoms with Gasteiger partial charge in [-0.3, -0.25) is 62.3 Å². The molecule has 2 aliphatic rings. The predicted molar refractivity (Wildman–Crippen MR) is 373 cm³/mol. The molecule has 3 rings (SSSR count). The molecule has 15 N–H and O–H groups in total. The highest BCUT2D eigenvalue weighted by atomic mass is 19.4. The maximum absolute atomic E-state index is 15.0. The van der Waals surface area contributed by atoms with Crippen LogP contribution in [0.15, 0.2) is 42.1 Å². The normalized spacial score (nSPS) is 22.9. The summed E-state index contributed by atoms with van der Waals surface area (Å²) in [7, 11) is 0. The van der Waals surface area contributed by atoms with Crippen molar-refractivity contribution in [1.29, 1.82) is 0 Å². The van der Waals surface area contributed by atoms with Crippen LogP contribution in [0.4, 0.5) is 13.2 Å². The van der Waals surface area contributed by atoms with Crippen molar-refractivity contribution in [3.8, 4) is 0 Å². The first-order chi connectivity index (χ1) is 48.1. The van der Waals surface area contributed by atoms with E-state index in [0.29, 0.717) is 5.56 Å². The number of aliphatic hydroxyl groups excluding tert-OH is 1. The van der Waals surface area contributed by atoms with Gasteiger partial charge in [0.05, 0.1) is 6.10 Å². The quantitative estimate of drug-likeness (QED) is 0.0385. The van der Waals surface area contributed by atoms with E-state index in [-0.39, 0.29) is 63.7 Å². The van der Waals surface area contributed by atoms with Crippen LogP contribution in [0.1, 0.15) is 162 Å². The minimum absolute atomic E-state index is 0.00715. The number of hydrogen-bond donors (Lipinski definition) is 14. The van der Waals surface area contributed by atoms with Crippen LogP contribution in [0.3, 0.4) is 0 Å². The number of esters is 1. The second kappa shape index (κ2) is 40.9. The second-order valence-corrected chi connectivity index (χ2v) is 28.3. The van der Waals surface area contributed by atoms with E-state index in [4.69, 9.17) is 10.5 Å². The molecule has 16 atom stereocenters. The number of nitrogens with zero attached hydrogens (tertiary/aromatic N) is 1. The summed E-state index contributed by atoms with van der Waals surface area (Å²) < 4.78 is 45.4. The lowest BCUT2D eigenvalue weighted by molar-refractivity contribution is -0.175. The van der Waals surface area contributed by atoms with Gasteiger partial charge in [0.15, 0.2) is 0 Å². The van der Waals surface area contributed by atoms with Gasteiger partial charge in [-0.05, 0) is 100.0 Å². The molecular weight excluding hydrogens is 1350 g/mol. The number of carbonyl (C=O) groups is 14. The lowest BCUT2D eigenvalue weighted by Crippen LogP contribution is -2.64. The molecule has 2 saturated heterocycles. The summed E-state index contributed by atoms with van der Waals surface area (Å²) in [6.07, 6.45) is -6.46. The van der Waals surface area contributed by atoms with Gasteiger partial charge in [-0.2, -0.15) is 13.2 Å². The topological polar surface area (TPSA) is 442 Å². The van der Waals surface area contributed by atoms with Crippen LogP contribution in [0.25, 0.3) is 0 Å². The Morgan fingerprint density at radius 1 is 0.641 bits per heavy atom. The molecule has 30 nitrogen and oxygen atoms in total. The summed E-state index contributed by atoms with van der Waals surface area (Å²) >= 11 is 0. The zero-order valence-corrected chi connectivity index (χ0v) is 62.2. The maximum Gasteiger partial charge on any atom is 0.471 e. The highest BCUT2D eigenvalue weighted by Gasteiger charge is 2.46. The maximum atomic E-state index is 15.0. The van der Waals surface area contributed by atoms with E-state index in [1.54, 1.807) is 105 Å². The molecule has 578 valence electrons. The average molecular weight is 1460 g/mol. The van der Waals surface area contributed by atoms with Crippen molar-refractivity contribution in [2.24, 2.45) is 47.2 Å². The van der Waals surface area contributed by atoms with E-state index < -0.39 is 215 Å². The predicted octanol–water partition coefficient (Wildman–Crippen LogP) is 0.572. The van der Waals surface area contributed by atoms with Crippen LogP contribution in [0, 0.1) is 41.4 Å². The molecule has 0 aromatic heterocycles. The van der Waals surface area contributed by atoms with Crippen molar-refractivity contribution in [1.82, 2.24) is 68.7 Å². The number of nitrogens with two attached hydrogens (primary N) is 1. The number of hydrogen-bond acceptors (Lipinski definition) is 17. The van der Waals surface area contributed by atoms with E-state index >= 15 is 4.79 Å². The van der Waals surface area contributed by atoms with E-state index in [2.05, 4.69) is 58.5 Å². The fraction of sp³-hybridized carbons (Fsp3) is 0.686. The number of ether oxygens (including phenoxy) is 1. The van der Waals surface area contributed by atoms with Crippen LogP contribution in [0.2, 0.25) is 0 Å². The van der Waals surface area contributed by atoms with Crippen LogP contribution in [-0.2, 0) is 78.3 Å². The third-order valence-corrected chi connectivity index (χ3v) is 18.3. The van der Waals surface area contributed by atoms with Crippen molar-refractivity contribution in [2.45, 2.75) is 254 Å². The third-order valence-electron chi connectivity index (χ3n) is 18.3. The van der Waals surface area contributed by atoms with E-state index in [9.17, 15) is 80.6 Å². The van der Waals surface area contributed by atoms with Crippen molar-refractivity contribution < 1.29 is 90.1 Å². The lowest BCUT2D eigenvalue weighted by atomic mass is 9.95. The molecule has 0 saturated carbocycles. The Morgan fingerprint density at radius 2 is 1.17 bits per heavy atom. The van der Waals surface area contributed by atoms with Gasteiger partial charge < -0.3 is 84.3 Å². The molecule has 2 aliphatic heterocycles. The SMILES string of the molecule is C/C=C1\NC(=O)[C@H](Cc2ccccc2)NC(=O)[C@@H](C(C)C)NC(=O)[C@@H]([C@H](C)CC)NC(=O)[C@H](NC(=O)[C@H](NC(=O)[C@H](CCCN)NC(=O)[C@H]2CCCN2C(=O)[C@H](NC(=O)[C@@H](NC(=O)[C@@H](NC(=O)[C@H](NC(=O)C(F)(F)F)C(C)C)[C@@H](C)O)C(C)C)C(C)C)[C@H](C)CC)[C@H](C)OC(=O)[C@H](C(C)C)NC1=O. The molecule has 1 aromatic carbocycles. The molecule has 33 heteroatoms. The zero-order valence-electron chi connectivity index (χ0n) is 62.2. The molecule has 103 heavy (non-hydrogen) atoms. The molecule has 0 unspecified atom stereocenters. The zero-order chi connectivity index (χ0) is 78.2. The van der Waals surface area contributed by atoms with Crippen molar-refractivity contribution in [3.05, 3.63) is 47.7 Å². The number of likely N-dealkylation sites (tertiary alicyclic amines) is 1. The van der Waals surface area contributed by atoms with Crippen LogP contribution in [-0.4, -0.2) is 197 Å². The van der Waals surface area contributed by atoms with Crippen LogP contribution >= 0.6 is 0 Å². The average Bonchev–Trinajstić information content (AvgIpc) is 1.16. The molecule has 2 heterocycles. The van der Waals surface area contributed by atoms with Crippen LogP contribution < -0.4 is 69.5 Å². The van der Waals surface area contributed by atoms with Gasteiger partial charge in [-0.1, -0.05) is 146 Å². The molecule has 0 aliphatic carbocycles. The summed E-state index contributed by atoms with van der Waals surface area (Å²) in [5.41, 5.74) is 6.27. The first-order valence-electron chi connectivity index (χ1n) is 35.4. The fourth-order valence-corrected chi connectivity index (χ4v) is 11.4. The summed E-state index contributed by atoms with van der Waals surface area (Å²) in [4.78, 5) is 200. The monoisotopic (exact) mass is 1460 g/mol. The molecule has 1 aromatic rings. The highest BCUT2D eigenvalue weighted by molar-refractivity contribution is 6.03. The standard InChI is InChI=1S/C70H111F3N14O16/c1-18-38(14)52(64(97)85-55-41(17)103-68(101)51(37(12)13)81-56(89)43(20-3)75-58(91)45(32-42-26-22-21-23-27-42)77-60(93)47(33(4)5)78-63(96)53(39(15)19-2)83-66(55)99)82-57(90)44(28-24-30-74)76-59(92)46-29-25-31-87(46)67(100)50(36(10)11)80-61(94)48(34(6)7)79-65(98)54(40(16)88)84-62(95)49(35(8)9)86-69(102)70(71,72)73/h20-23,26-27,33-41,44-55,88H,18-19,24-25,28-32,74H2,1-17H3,(H,75,91)(H,76,92)(H,77,93)(H,78,96)(H,79,98)(H,80,94)(H,81,89)(H,82,90)(H,83,99)(H,84,95)(H,85,97)(H,86,102)/b43-20-/t38-,39-,40-,41+,44+,45+,46-,47-,48+,49-,50-,51+,52-,53-,54+,55-/m1/s1. The Kier molecular flexibility index (Phi) is 35.2. The Bertz CT molecular complexity index is 3170. The summed E-state index contributed by atoms with van der Waals surface area (Å²) in [6.45, 7) is 26.0. The number of rotatable bonds is 29. The van der Waals surface area contributed by atoms with Gasteiger partial charge in [0.1, 0.15) is 84.3 Å². The Morgan fingerprint density at radius 3 is 1.68 bits per heavy atom. The Balaban J connectivity index is 2.02. The first kappa shape index (κ1) is 88.5. The van der Waals surface area contributed by atoms with Crippen molar-refractivity contribution in [2.75, 3.05) is 13.1 Å². The molecule has 2 fully saturated rings. The van der Waals surface area contributed by atoms with Gasteiger partial charge in [0.2, 0.25) is 65.0 Å². The number of nitrogens with one attached hydrogen (secondary N) is 12. The number of benzene rings is 1. The van der Waals surface area contributed by atoms with E-state index in [1.807, 2.05) is 0 Å². The second-order valence-electron chi connectivity index (χ2n) is 28.3. The lowest BCUT2D eigenvalue weighted by Gasteiger charge is -2.33. The summed E-state index contributed by atoms with van der Waals surface area (Å²) in [5, 5.41) is 40.9. The smallest absolute Gasteiger partial charge is 0.458 e. The largest absolute Gasteiger partial charge is 0.471 e. The van der Waals surface area contributed by atoms with E-state index in [1.165, 1.54) is 52.5 Å². The minimum Gasteiger partial charge on any atom is -0.458 e. The minimum atomic E-state index is -5.35. The number of halogens is 3. The number of allylic oxidation sites excluding steroid dienone is 1. The van der Waals surface area contributed by atoms with Gasteiger partial charge in [0.25, 0.3) is 5.91 Å². The molecule has 0 bridgehead atoms. The molecule has 13 amide bonds. The molecule has 0 spiro atoms. The van der Waals surface area contributed by atoms with Crippen molar-refractivity contribution >= 4 is 82.8 Å². The summed E-state index contributed by atoms with van der Waals surface area (Å²) in [5.74, 6) is -19.6. The number of amides is 13. The van der Waals surface area contributed by atoms with Gasteiger partial charge in [-0.25, -0.2) is 4.79 Å². The highest BCUT2D eigenvalue weighted by Crippen LogP contribution is 2.24. The van der Waals surface area contributed by atoms with Crippen molar-refractivity contribution in [3.63, 3.8) is 0 Å². The van der Waals surface area contributed by atoms with Gasteiger partial charge in [-0.15, -0.1) is 0 Å². The van der Waals surface area contributed by atoms with Gasteiger partial charge >= 0.3 is 18.1 Å². The Hall–Kier alpha value is -8.75. The number of carbonyl (C=O) groups excluding carboxylic acids is 14. The Labute approximate surface area is 600 Å². The number of cyclic esters (lactones) is 1. The molecular formula is C70H111F3N14O16. The first-order valence-corrected chi connectivity index (χ1v) is 35.4. The van der Waals surface area contributed by atoms with Gasteiger partial charge in [0, 0.05) is 13.0 Å². The third kappa shape index (κ3) is 25.9. The van der Waals surface area contributed by atoms with E-state index in [0.717, 1.165) is 6.92 Å². The molecule has 0 radical (unpaired) electrons. The summed E-state index contributed by atoms with van der Waals surface area (Å²) in [6, 6.07) is -9.27. The fourth-order valence-electron chi connectivity index (χ4n) is 11.4. The number of alkyl halides is 3. The number of aliphatic hydroxyl groups is 1.